The third-order valence-corrected chi connectivity index (χ3v) is 5.13. The summed E-state index contributed by atoms with van der Waals surface area (Å²) in [7, 11) is 4.06. The summed E-state index contributed by atoms with van der Waals surface area (Å²) in [4.78, 5) is 3.55. The lowest BCUT2D eigenvalue weighted by atomic mass is 10.1. The summed E-state index contributed by atoms with van der Waals surface area (Å²) in [6, 6.07) is 5.38. The molecule has 2 aromatic rings. The van der Waals surface area contributed by atoms with Gasteiger partial charge in [0.1, 0.15) is 5.82 Å². The van der Waals surface area contributed by atoms with Gasteiger partial charge in [-0.3, -0.25) is 0 Å². The zero-order valence-corrected chi connectivity index (χ0v) is 14.2. The Kier molecular flexibility index (Phi) is 5.73. The normalized spacial score (nSPS) is 13.2. The number of hydrogen-bond acceptors (Lipinski definition) is 3. The molecule has 0 saturated heterocycles. The molecule has 0 spiro atoms. The van der Waals surface area contributed by atoms with Crippen LogP contribution in [0.4, 0.5) is 4.39 Å². The van der Waals surface area contributed by atoms with E-state index in [1.54, 1.807) is 23.5 Å². The molecule has 1 aromatic heterocycles. The van der Waals surface area contributed by atoms with Gasteiger partial charge in [-0.15, -0.1) is 11.3 Å². The minimum absolute atomic E-state index is 0.0990. The SMILES string of the molecule is CCC(C)CN(C)Cc1c(CNC)sc2cccc(F)c12. The molecule has 0 aliphatic rings. The Hall–Kier alpha value is -0.970. The molecule has 4 heteroatoms. The van der Waals surface area contributed by atoms with E-state index in [1.807, 2.05) is 13.1 Å². The number of benzene rings is 1. The Morgan fingerprint density at radius 3 is 2.81 bits per heavy atom. The van der Waals surface area contributed by atoms with Crippen LogP contribution in [0.2, 0.25) is 0 Å². The summed E-state index contributed by atoms with van der Waals surface area (Å²) in [6.07, 6.45) is 1.17. The minimum Gasteiger partial charge on any atom is -0.315 e. The quantitative estimate of drug-likeness (QED) is 0.823. The van der Waals surface area contributed by atoms with E-state index < -0.39 is 0 Å². The van der Waals surface area contributed by atoms with Crippen molar-refractivity contribution in [2.24, 2.45) is 5.92 Å². The predicted molar refractivity (Wildman–Crippen MR) is 90.3 cm³/mol. The summed E-state index contributed by atoms with van der Waals surface area (Å²) in [5, 5.41) is 4.01. The molecule has 21 heavy (non-hydrogen) atoms. The third kappa shape index (κ3) is 3.82. The monoisotopic (exact) mass is 308 g/mol. The fourth-order valence-corrected chi connectivity index (χ4v) is 3.92. The molecule has 0 bridgehead atoms. The molecule has 2 rings (SSSR count). The fourth-order valence-electron chi connectivity index (χ4n) is 2.68. The number of nitrogens with one attached hydrogen (secondary N) is 1. The van der Waals surface area contributed by atoms with Crippen LogP contribution in [0.5, 0.6) is 0 Å². The van der Waals surface area contributed by atoms with Crippen LogP contribution in [0, 0.1) is 11.7 Å². The van der Waals surface area contributed by atoms with Crippen molar-refractivity contribution in [3.8, 4) is 0 Å². The van der Waals surface area contributed by atoms with Crippen LogP contribution < -0.4 is 5.32 Å². The molecule has 1 unspecified atom stereocenters. The van der Waals surface area contributed by atoms with Gasteiger partial charge in [0, 0.05) is 34.6 Å². The summed E-state index contributed by atoms with van der Waals surface area (Å²) < 4.78 is 15.3. The van der Waals surface area contributed by atoms with Gasteiger partial charge in [-0.2, -0.15) is 0 Å². The average molecular weight is 308 g/mol. The smallest absolute Gasteiger partial charge is 0.132 e. The van der Waals surface area contributed by atoms with E-state index in [0.29, 0.717) is 5.92 Å². The summed E-state index contributed by atoms with van der Waals surface area (Å²) in [5.41, 5.74) is 1.15. The van der Waals surface area contributed by atoms with Gasteiger partial charge in [0.15, 0.2) is 0 Å². The third-order valence-electron chi connectivity index (χ3n) is 3.93. The van der Waals surface area contributed by atoms with Gasteiger partial charge in [0.2, 0.25) is 0 Å². The van der Waals surface area contributed by atoms with Gasteiger partial charge >= 0.3 is 0 Å². The Morgan fingerprint density at radius 1 is 1.38 bits per heavy atom. The summed E-state index contributed by atoms with van der Waals surface area (Å²) in [6.45, 7) is 7.12. The van der Waals surface area contributed by atoms with Crippen LogP contribution in [0.1, 0.15) is 30.7 Å². The van der Waals surface area contributed by atoms with E-state index in [1.165, 1.54) is 11.3 Å². The Bertz CT molecular complexity index is 594. The highest BCUT2D eigenvalue weighted by Gasteiger charge is 2.17. The largest absolute Gasteiger partial charge is 0.315 e. The highest BCUT2D eigenvalue weighted by Crippen LogP contribution is 2.34. The first-order chi connectivity index (χ1) is 10.1. The van der Waals surface area contributed by atoms with E-state index in [2.05, 4.69) is 31.1 Å². The predicted octanol–water partition coefficient (Wildman–Crippen LogP) is 4.24. The number of thiophene rings is 1. The van der Waals surface area contributed by atoms with E-state index >= 15 is 0 Å². The van der Waals surface area contributed by atoms with Crippen molar-refractivity contribution < 1.29 is 4.39 Å². The Labute approximate surface area is 131 Å². The van der Waals surface area contributed by atoms with Crippen molar-refractivity contribution in [2.75, 3.05) is 20.6 Å². The molecule has 0 aliphatic heterocycles. The summed E-state index contributed by atoms with van der Waals surface area (Å²) in [5.74, 6) is 0.565. The highest BCUT2D eigenvalue weighted by atomic mass is 32.1. The molecule has 1 heterocycles. The van der Waals surface area contributed by atoms with Crippen molar-refractivity contribution in [1.29, 1.82) is 0 Å². The van der Waals surface area contributed by atoms with Gasteiger partial charge in [-0.1, -0.05) is 26.3 Å². The molecule has 2 nitrogen and oxygen atoms in total. The van der Waals surface area contributed by atoms with Crippen molar-refractivity contribution in [2.45, 2.75) is 33.4 Å². The lowest BCUT2D eigenvalue weighted by Gasteiger charge is -2.21. The molecule has 0 radical (unpaired) electrons. The maximum Gasteiger partial charge on any atom is 0.132 e. The van der Waals surface area contributed by atoms with Crippen molar-refractivity contribution in [1.82, 2.24) is 10.2 Å². The van der Waals surface area contributed by atoms with E-state index in [9.17, 15) is 4.39 Å². The lowest BCUT2D eigenvalue weighted by molar-refractivity contribution is 0.275. The molecule has 1 N–H and O–H groups in total. The van der Waals surface area contributed by atoms with E-state index in [0.717, 1.165) is 35.3 Å². The molecule has 1 aromatic carbocycles. The van der Waals surface area contributed by atoms with Crippen LogP contribution in [-0.2, 0) is 13.1 Å². The first-order valence-electron chi connectivity index (χ1n) is 7.58. The molecule has 0 fully saturated rings. The van der Waals surface area contributed by atoms with Crippen LogP contribution in [0.25, 0.3) is 10.1 Å². The van der Waals surface area contributed by atoms with E-state index in [4.69, 9.17) is 0 Å². The van der Waals surface area contributed by atoms with Gasteiger partial charge in [-0.25, -0.2) is 4.39 Å². The van der Waals surface area contributed by atoms with Crippen LogP contribution in [-0.4, -0.2) is 25.5 Å². The number of nitrogens with zero attached hydrogens (tertiary/aromatic N) is 1. The number of halogens is 1. The minimum atomic E-state index is -0.0990. The summed E-state index contributed by atoms with van der Waals surface area (Å²) >= 11 is 1.70. The molecule has 116 valence electrons. The lowest BCUT2D eigenvalue weighted by Crippen LogP contribution is -2.24. The van der Waals surface area contributed by atoms with Crippen LogP contribution >= 0.6 is 11.3 Å². The number of hydrogen-bond donors (Lipinski definition) is 1. The van der Waals surface area contributed by atoms with Crippen molar-refractivity contribution in [3.05, 3.63) is 34.5 Å². The Balaban J connectivity index is 2.33. The number of fused-ring (bicyclic) bond motifs is 1. The van der Waals surface area contributed by atoms with Crippen molar-refractivity contribution in [3.63, 3.8) is 0 Å². The zero-order valence-electron chi connectivity index (χ0n) is 13.4. The first kappa shape index (κ1) is 16.4. The molecule has 1 atom stereocenters. The fraction of sp³-hybridized carbons (Fsp3) is 0.529. The van der Waals surface area contributed by atoms with E-state index in [-0.39, 0.29) is 5.82 Å². The van der Waals surface area contributed by atoms with Crippen LogP contribution in [0.15, 0.2) is 18.2 Å². The molecule has 0 saturated carbocycles. The maximum absolute atomic E-state index is 14.2. The molecule has 0 amide bonds. The zero-order chi connectivity index (χ0) is 15.4. The van der Waals surface area contributed by atoms with Crippen LogP contribution in [0.3, 0.4) is 0 Å². The standard InChI is InChI=1S/C17H25FN2S/c1-5-12(2)10-20(4)11-13-16(9-19-3)21-15-8-6-7-14(18)17(13)15/h6-8,12,19H,5,9-11H2,1-4H3. The number of rotatable bonds is 7. The second-order valence-electron chi connectivity index (χ2n) is 5.86. The molecule has 0 aliphatic carbocycles. The van der Waals surface area contributed by atoms with Crippen molar-refractivity contribution >= 4 is 21.4 Å². The average Bonchev–Trinajstić information content (AvgIpc) is 2.78. The highest BCUT2D eigenvalue weighted by molar-refractivity contribution is 7.19. The van der Waals surface area contributed by atoms with Gasteiger partial charge < -0.3 is 10.2 Å². The van der Waals surface area contributed by atoms with Gasteiger partial charge in [0.25, 0.3) is 0 Å². The maximum atomic E-state index is 14.2. The Morgan fingerprint density at radius 2 is 2.14 bits per heavy atom. The van der Waals surface area contributed by atoms with Gasteiger partial charge in [-0.05, 0) is 37.7 Å². The van der Waals surface area contributed by atoms with Gasteiger partial charge in [0.05, 0.1) is 0 Å². The molecular formula is C17H25FN2S. The second kappa shape index (κ2) is 7.34. The second-order valence-corrected chi connectivity index (χ2v) is 6.99. The first-order valence-corrected chi connectivity index (χ1v) is 8.40. The molecular weight excluding hydrogens is 283 g/mol. The topological polar surface area (TPSA) is 15.3 Å².